The van der Waals surface area contributed by atoms with E-state index < -0.39 is 0 Å². The highest BCUT2D eigenvalue weighted by Gasteiger charge is 2.17. The van der Waals surface area contributed by atoms with E-state index in [-0.39, 0.29) is 12.3 Å². The molecule has 1 saturated heterocycles. The first-order chi connectivity index (χ1) is 7.77. The van der Waals surface area contributed by atoms with Gasteiger partial charge in [0.15, 0.2) is 5.82 Å². The van der Waals surface area contributed by atoms with Crippen LogP contribution in [0.3, 0.4) is 0 Å². The number of nitrogens with zero attached hydrogens (tertiary/aromatic N) is 5. The molecule has 0 unspecified atom stereocenters. The molecule has 2 rings (SSSR count). The lowest BCUT2D eigenvalue weighted by molar-refractivity contribution is -0.130. The molecule has 0 aliphatic carbocycles. The molecule has 1 amide bonds. The second-order valence-corrected chi connectivity index (χ2v) is 3.88. The van der Waals surface area contributed by atoms with Gasteiger partial charge in [-0.25, -0.2) is 4.68 Å². The van der Waals surface area contributed by atoms with Gasteiger partial charge in [0.2, 0.25) is 5.91 Å². The number of aryl methyl sites for hydroxylation is 1. The van der Waals surface area contributed by atoms with Gasteiger partial charge >= 0.3 is 0 Å². The van der Waals surface area contributed by atoms with Crippen LogP contribution < -0.4 is 5.32 Å². The van der Waals surface area contributed by atoms with Crippen LogP contribution >= 0.6 is 0 Å². The van der Waals surface area contributed by atoms with Crippen LogP contribution in [0.4, 0.5) is 0 Å². The Bertz CT molecular complexity index is 355. The summed E-state index contributed by atoms with van der Waals surface area (Å²) < 4.78 is 1.54. The molecule has 2 heterocycles. The standard InChI is InChI=1S/C9H16N6O/c1-14-8(11-12-13-14)7-9(16)15-5-2-3-10-4-6-15/h10H,2-7H2,1H3. The molecule has 1 aromatic heterocycles. The summed E-state index contributed by atoms with van der Waals surface area (Å²) in [5.41, 5.74) is 0. The minimum Gasteiger partial charge on any atom is -0.341 e. The molecule has 7 nitrogen and oxygen atoms in total. The minimum absolute atomic E-state index is 0.0987. The number of carbonyl (C=O) groups is 1. The first-order valence-electron chi connectivity index (χ1n) is 5.47. The normalized spacial score (nSPS) is 17.2. The van der Waals surface area contributed by atoms with Gasteiger partial charge in [-0.05, 0) is 23.4 Å². The fourth-order valence-electron chi connectivity index (χ4n) is 1.74. The maximum Gasteiger partial charge on any atom is 0.230 e. The van der Waals surface area contributed by atoms with Crippen LogP contribution in [0.2, 0.25) is 0 Å². The molecule has 1 aliphatic rings. The van der Waals surface area contributed by atoms with Gasteiger partial charge in [-0.1, -0.05) is 0 Å². The van der Waals surface area contributed by atoms with E-state index in [9.17, 15) is 4.79 Å². The van der Waals surface area contributed by atoms with Crippen molar-refractivity contribution >= 4 is 5.91 Å². The fraction of sp³-hybridized carbons (Fsp3) is 0.778. The second kappa shape index (κ2) is 5.02. The molecule has 1 N–H and O–H groups in total. The quantitative estimate of drug-likeness (QED) is 0.667. The van der Waals surface area contributed by atoms with E-state index in [1.807, 2.05) is 4.90 Å². The summed E-state index contributed by atoms with van der Waals surface area (Å²) in [6, 6.07) is 0. The molecule has 0 spiro atoms. The molecule has 1 aliphatic heterocycles. The fourth-order valence-corrected chi connectivity index (χ4v) is 1.74. The SMILES string of the molecule is Cn1nnnc1CC(=O)N1CCCNCC1. The Morgan fingerprint density at radius 2 is 2.31 bits per heavy atom. The summed E-state index contributed by atoms with van der Waals surface area (Å²) in [4.78, 5) is 13.8. The number of hydrogen-bond acceptors (Lipinski definition) is 5. The third-order valence-corrected chi connectivity index (χ3v) is 2.71. The molecule has 1 fully saturated rings. The molecule has 0 radical (unpaired) electrons. The Balaban J connectivity index is 1.94. The molecule has 0 atom stereocenters. The molecule has 0 saturated carbocycles. The Hall–Kier alpha value is -1.50. The van der Waals surface area contributed by atoms with Crippen LogP contribution in [-0.2, 0) is 18.3 Å². The largest absolute Gasteiger partial charge is 0.341 e. The van der Waals surface area contributed by atoms with Crippen molar-refractivity contribution in [2.75, 3.05) is 26.2 Å². The molecular weight excluding hydrogens is 208 g/mol. The van der Waals surface area contributed by atoms with E-state index in [4.69, 9.17) is 0 Å². The van der Waals surface area contributed by atoms with Gasteiger partial charge < -0.3 is 10.2 Å². The van der Waals surface area contributed by atoms with Crippen molar-refractivity contribution < 1.29 is 4.79 Å². The van der Waals surface area contributed by atoms with E-state index in [0.29, 0.717) is 5.82 Å². The zero-order valence-corrected chi connectivity index (χ0v) is 9.39. The van der Waals surface area contributed by atoms with Crippen LogP contribution in [0.1, 0.15) is 12.2 Å². The predicted octanol–water partition coefficient (Wildman–Crippen LogP) is -1.43. The number of nitrogens with one attached hydrogen (secondary N) is 1. The van der Waals surface area contributed by atoms with Gasteiger partial charge in [-0.2, -0.15) is 0 Å². The van der Waals surface area contributed by atoms with E-state index in [0.717, 1.165) is 32.6 Å². The first-order valence-corrected chi connectivity index (χ1v) is 5.47. The Labute approximate surface area is 93.8 Å². The van der Waals surface area contributed by atoms with Crippen molar-refractivity contribution in [2.24, 2.45) is 7.05 Å². The third-order valence-electron chi connectivity index (χ3n) is 2.71. The lowest BCUT2D eigenvalue weighted by Gasteiger charge is -2.19. The molecular formula is C9H16N6O. The zero-order chi connectivity index (χ0) is 11.4. The maximum atomic E-state index is 12.0. The highest BCUT2D eigenvalue weighted by Crippen LogP contribution is 2.00. The molecule has 1 aromatic rings. The summed E-state index contributed by atoms with van der Waals surface area (Å²) in [6.07, 6.45) is 1.28. The monoisotopic (exact) mass is 224 g/mol. The smallest absolute Gasteiger partial charge is 0.230 e. The van der Waals surface area contributed by atoms with Crippen molar-refractivity contribution in [3.05, 3.63) is 5.82 Å². The van der Waals surface area contributed by atoms with E-state index in [1.165, 1.54) is 4.68 Å². The number of hydrogen-bond donors (Lipinski definition) is 1. The van der Waals surface area contributed by atoms with Crippen molar-refractivity contribution in [2.45, 2.75) is 12.8 Å². The zero-order valence-electron chi connectivity index (χ0n) is 9.39. The van der Waals surface area contributed by atoms with Crippen molar-refractivity contribution in [3.63, 3.8) is 0 Å². The lowest BCUT2D eigenvalue weighted by Crippen LogP contribution is -2.35. The van der Waals surface area contributed by atoms with Crippen LogP contribution in [0, 0.1) is 0 Å². The van der Waals surface area contributed by atoms with Crippen LogP contribution in [0.25, 0.3) is 0 Å². The maximum absolute atomic E-state index is 12.0. The van der Waals surface area contributed by atoms with E-state index >= 15 is 0 Å². The van der Waals surface area contributed by atoms with Gasteiger partial charge in [0.25, 0.3) is 0 Å². The van der Waals surface area contributed by atoms with Gasteiger partial charge in [0, 0.05) is 26.7 Å². The highest BCUT2D eigenvalue weighted by molar-refractivity contribution is 5.78. The number of carbonyl (C=O) groups excluding carboxylic acids is 1. The van der Waals surface area contributed by atoms with E-state index in [2.05, 4.69) is 20.8 Å². The van der Waals surface area contributed by atoms with Gasteiger partial charge in [0.05, 0.1) is 6.42 Å². The third kappa shape index (κ3) is 2.54. The van der Waals surface area contributed by atoms with Crippen molar-refractivity contribution in [1.82, 2.24) is 30.4 Å². The Kier molecular flexibility index (Phi) is 3.45. The van der Waals surface area contributed by atoms with Crippen LogP contribution in [0.5, 0.6) is 0 Å². The number of aromatic nitrogens is 4. The first kappa shape index (κ1) is 11.0. The minimum atomic E-state index is 0.0987. The van der Waals surface area contributed by atoms with Crippen molar-refractivity contribution in [1.29, 1.82) is 0 Å². The van der Waals surface area contributed by atoms with Gasteiger partial charge in [-0.3, -0.25) is 4.79 Å². The average molecular weight is 224 g/mol. The second-order valence-electron chi connectivity index (χ2n) is 3.88. The summed E-state index contributed by atoms with van der Waals surface area (Å²) in [7, 11) is 1.74. The summed E-state index contributed by atoms with van der Waals surface area (Å²) in [5.74, 6) is 0.712. The molecule has 7 heteroatoms. The molecule has 16 heavy (non-hydrogen) atoms. The molecule has 0 bridgehead atoms. The van der Waals surface area contributed by atoms with Crippen LogP contribution in [0.15, 0.2) is 0 Å². The Morgan fingerprint density at radius 3 is 3.06 bits per heavy atom. The number of tetrazole rings is 1. The highest BCUT2D eigenvalue weighted by atomic mass is 16.2. The number of rotatable bonds is 2. The topological polar surface area (TPSA) is 75.9 Å². The molecule has 0 aromatic carbocycles. The van der Waals surface area contributed by atoms with E-state index in [1.54, 1.807) is 7.05 Å². The summed E-state index contributed by atoms with van der Waals surface area (Å²) >= 11 is 0. The van der Waals surface area contributed by atoms with Crippen LogP contribution in [-0.4, -0.2) is 57.2 Å². The van der Waals surface area contributed by atoms with Gasteiger partial charge in [0.1, 0.15) is 0 Å². The Morgan fingerprint density at radius 1 is 1.44 bits per heavy atom. The van der Waals surface area contributed by atoms with Crippen molar-refractivity contribution in [3.8, 4) is 0 Å². The lowest BCUT2D eigenvalue weighted by atomic mass is 10.3. The summed E-state index contributed by atoms with van der Waals surface area (Å²) in [6.45, 7) is 3.43. The van der Waals surface area contributed by atoms with Gasteiger partial charge in [-0.15, -0.1) is 5.10 Å². The predicted molar refractivity (Wildman–Crippen MR) is 56.6 cm³/mol. The molecule has 88 valence electrons. The summed E-state index contributed by atoms with van der Waals surface area (Å²) in [5, 5.41) is 14.3. The average Bonchev–Trinajstić information content (AvgIpc) is 2.57. The number of amides is 1.